The second kappa shape index (κ2) is 6.25. The summed E-state index contributed by atoms with van der Waals surface area (Å²) in [5, 5.41) is 5.32. The third-order valence-corrected chi connectivity index (χ3v) is 4.81. The van der Waals surface area contributed by atoms with Crippen LogP contribution in [-0.2, 0) is 20.0 Å². The van der Waals surface area contributed by atoms with Crippen LogP contribution >= 0.6 is 11.6 Å². The fourth-order valence-corrected chi connectivity index (χ4v) is 3.23. The number of hydrogen-bond donors (Lipinski definition) is 1. The molecular formula is C14H25ClN4. The van der Waals surface area contributed by atoms with E-state index in [1.807, 2.05) is 11.7 Å². The zero-order valence-corrected chi connectivity index (χ0v) is 13.0. The highest BCUT2D eigenvalue weighted by Crippen LogP contribution is 2.26. The maximum absolute atomic E-state index is 6.41. The molecule has 0 radical (unpaired) electrons. The fourth-order valence-electron chi connectivity index (χ4n) is 2.88. The smallest absolute Gasteiger partial charge is 0.0863 e. The number of halogens is 1. The first-order valence-corrected chi connectivity index (χ1v) is 7.57. The average molecular weight is 285 g/mol. The molecule has 2 heterocycles. The van der Waals surface area contributed by atoms with Gasteiger partial charge in [0.05, 0.1) is 16.4 Å². The first kappa shape index (κ1) is 14.8. The molecule has 0 aliphatic carbocycles. The second-order valence-electron chi connectivity index (χ2n) is 5.68. The van der Waals surface area contributed by atoms with Crippen molar-refractivity contribution in [3.8, 4) is 0 Å². The highest BCUT2D eigenvalue weighted by molar-refractivity contribution is 6.31. The molecule has 0 saturated carbocycles. The molecule has 0 bridgehead atoms. The zero-order valence-electron chi connectivity index (χ0n) is 12.2. The van der Waals surface area contributed by atoms with Gasteiger partial charge in [-0.05, 0) is 37.8 Å². The van der Waals surface area contributed by atoms with Gasteiger partial charge < -0.3 is 5.73 Å². The number of rotatable bonds is 4. The van der Waals surface area contributed by atoms with Crippen molar-refractivity contribution in [1.82, 2.24) is 14.7 Å². The molecule has 1 fully saturated rings. The van der Waals surface area contributed by atoms with Crippen LogP contribution in [0.1, 0.15) is 31.7 Å². The van der Waals surface area contributed by atoms with Crippen LogP contribution in [0.4, 0.5) is 0 Å². The van der Waals surface area contributed by atoms with E-state index < -0.39 is 0 Å². The molecule has 0 amide bonds. The average Bonchev–Trinajstić information content (AvgIpc) is 2.68. The summed E-state index contributed by atoms with van der Waals surface area (Å²) in [6, 6.07) is 0. The van der Waals surface area contributed by atoms with Crippen LogP contribution in [0.2, 0.25) is 5.02 Å². The predicted octanol–water partition coefficient (Wildman–Crippen LogP) is 2.05. The second-order valence-corrected chi connectivity index (χ2v) is 6.06. The molecule has 19 heavy (non-hydrogen) atoms. The third-order valence-electron chi connectivity index (χ3n) is 4.38. The quantitative estimate of drug-likeness (QED) is 0.921. The van der Waals surface area contributed by atoms with Gasteiger partial charge in [-0.3, -0.25) is 9.58 Å². The van der Waals surface area contributed by atoms with Gasteiger partial charge in [-0.15, -0.1) is 0 Å². The van der Waals surface area contributed by atoms with Gasteiger partial charge >= 0.3 is 0 Å². The van der Waals surface area contributed by atoms with Gasteiger partial charge in [-0.2, -0.15) is 5.10 Å². The molecule has 108 valence electrons. The standard InChI is InChI=1S/C14H25ClN4/c1-4-12-14(15)13(18(3)17-12)9-19-6-5-10(2)11(7-16)8-19/h10-11H,4-9,16H2,1-3H3. The van der Waals surface area contributed by atoms with Crippen LogP contribution in [0, 0.1) is 11.8 Å². The van der Waals surface area contributed by atoms with Crippen molar-refractivity contribution in [2.24, 2.45) is 24.6 Å². The van der Waals surface area contributed by atoms with Gasteiger partial charge in [-0.1, -0.05) is 25.4 Å². The van der Waals surface area contributed by atoms with Crippen molar-refractivity contribution in [1.29, 1.82) is 0 Å². The van der Waals surface area contributed by atoms with Crippen LogP contribution < -0.4 is 5.73 Å². The molecule has 1 aromatic rings. The SMILES string of the molecule is CCc1nn(C)c(CN2CCC(C)C(CN)C2)c1Cl. The van der Waals surface area contributed by atoms with E-state index in [2.05, 4.69) is 23.8 Å². The molecule has 1 aromatic heterocycles. The van der Waals surface area contributed by atoms with E-state index in [9.17, 15) is 0 Å². The van der Waals surface area contributed by atoms with Crippen molar-refractivity contribution >= 4 is 11.6 Å². The normalized spacial score (nSPS) is 24.9. The Morgan fingerprint density at radius 3 is 2.79 bits per heavy atom. The van der Waals surface area contributed by atoms with E-state index in [0.717, 1.165) is 54.9 Å². The van der Waals surface area contributed by atoms with Crippen molar-refractivity contribution < 1.29 is 0 Å². The summed E-state index contributed by atoms with van der Waals surface area (Å²) in [5.74, 6) is 1.33. The monoisotopic (exact) mass is 284 g/mol. The third kappa shape index (κ3) is 3.12. The van der Waals surface area contributed by atoms with Gasteiger partial charge in [0.15, 0.2) is 0 Å². The number of hydrogen-bond acceptors (Lipinski definition) is 3. The van der Waals surface area contributed by atoms with E-state index in [1.54, 1.807) is 0 Å². The number of nitrogens with zero attached hydrogens (tertiary/aromatic N) is 3. The molecule has 1 aliphatic rings. The molecular weight excluding hydrogens is 260 g/mol. The molecule has 1 saturated heterocycles. The topological polar surface area (TPSA) is 47.1 Å². The molecule has 5 heteroatoms. The summed E-state index contributed by atoms with van der Waals surface area (Å²) in [7, 11) is 1.98. The van der Waals surface area contributed by atoms with Crippen LogP contribution in [0.15, 0.2) is 0 Å². The Bertz CT molecular complexity index is 429. The van der Waals surface area contributed by atoms with Crippen LogP contribution in [0.3, 0.4) is 0 Å². The maximum atomic E-state index is 6.41. The fraction of sp³-hybridized carbons (Fsp3) is 0.786. The first-order chi connectivity index (χ1) is 9.06. The van der Waals surface area contributed by atoms with Gasteiger partial charge in [0.1, 0.15) is 0 Å². The van der Waals surface area contributed by atoms with Gasteiger partial charge in [0, 0.05) is 20.1 Å². The summed E-state index contributed by atoms with van der Waals surface area (Å²) in [6.07, 6.45) is 2.10. The molecule has 0 spiro atoms. The molecule has 2 N–H and O–H groups in total. The lowest BCUT2D eigenvalue weighted by atomic mass is 9.87. The Hall–Kier alpha value is -0.580. The zero-order chi connectivity index (χ0) is 14.0. The number of piperidine rings is 1. The lowest BCUT2D eigenvalue weighted by molar-refractivity contribution is 0.124. The van der Waals surface area contributed by atoms with Crippen molar-refractivity contribution in [2.75, 3.05) is 19.6 Å². The minimum atomic E-state index is 0.603. The number of aromatic nitrogens is 2. The largest absolute Gasteiger partial charge is 0.330 e. The van der Waals surface area contributed by atoms with E-state index in [4.69, 9.17) is 17.3 Å². The minimum Gasteiger partial charge on any atom is -0.330 e. The van der Waals surface area contributed by atoms with E-state index in [-0.39, 0.29) is 0 Å². The first-order valence-electron chi connectivity index (χ1n) is 7.19. The van der Waals surface area contributed by atoms with Crippen LogP contribution in [0.25, 0.3) is 0 Å². The Labute approximate surface area is 120 Å². The highest BCUT2D eigenvalue weighted by atomic mass is 35.5. The van der Waals surface area contributed by atoms with Gasteiger partial charge in [-0.25, -0.2) is 0 Å². The molecule has 4 nitrogen and oxygen atoms in total. The molecule has 2 unspecified atom stereocenters. The highest BCUT2D eigenvalue weighted by Gasteiger charge is 2.26. The summed E-state index contributed by atoms with van der Waals surface area (Å²) in [4.78, 5) is 2.46. The van der Waals surface area contributed by atoms with E-state index in [1.165, 1.54) is 6.42 Å². The summed E-state index contributed by atoms with van der Waals surface area (Å²) < 4.78 is 1.93. The van der Waals surface area contributed by atoms with Crippen molar-refractivity contribution in [2.45, 2.75) is 33.2 Å². The predicted molar refractivity (Wildman–Crippen MR) is 79.2 cm³/mol. The van der Waals surface area contributed by atoms with E-state index >= 15 is 0 Å². The Kier molecular flexibility index (Phi) is 4.87. The van der Waals surface area contributed by atoms with Crippen LogP contribution in [0.5, 0.6) is 0 Å². The number of likely N-dealkylation sites (tertiary alicyclic amines) is 1. The van der Waals surface area contributed by atoms with Gasteiger partial charge in [0.25, 0.3) is 0 Å². The van der Waals surface area contributed by atoms with Crippen LogP contribution in [-0.4, -0.2) is 34.3 Å². The Morgan fingerprint density at radius 1 is 1.47 bits per heavy atom. The Balaban J connectivity index is 2.07. The van der Waals surface area contributed by atoms with Crippen molar-refractivity contribution in [3.05, 3.63) is 16.4 Å². The molecule has 2 rings (SSSR count). The summed E-state index contributed by atoms with van der Waals surface area (Å²) in [5.41, 5.74) is 7.99. The summed E-state index contributed by atoms with van der Waals surface area (Å²) in [6.45, 7) is 8.25. The maximum Gasteiger partial charge on any atom is 0.0863 e. The van der Waals surface area contributed by atoms with Gasteiger partial charge in [0.2, 0.25) is 0 Å². The molecule has 1 aliphatic heterocycles. The number of aryl methyl sites for hydroxylation is 2. The number of nitrogens with two attached hydrogens (primary N) is 1. The minimum absolute atomic E-state index is 0.603. The lowest BCUT2D eigenvalue weighted by Gasteiger charge is -2.36. The Morgan fingerprint density at radius 2 is 2.21 bits per heavy atom. The molecule has 2 atom stereocenters. The summed E-state index contributed by atoms with van der Waals surface area (Å²) >= 11 is 6.41. The van der Waals surface area contributed by atoms with Crippen molar-refractivity contribution in [3.63, 3.8) is 0 Å². The van der Waals surface area contributed by atoms with E-state index in [0.29, 0.717) is 5.92 Å². The molecule has 0 aromatic carbocycles. The lowest BCUT2D eigenvalue weighted by Crippen LogP contribution is -2.42.